The topological polar surface area (TPSA) is 60.0 Å². The third kappa shape index (κ3) is 1.78. The van der Waals surface area contributed by atoms with Gasteiger partial charge in [0.1, 0.15) is 5.82 Å². The molecule has 0 saturated heterocycles. The molecule has 0 amide bonds. The number of rotatable bonds is 2. The lowest BCUT2D eigenvalue weighted by molar-refractivity contribution is 0.558. The van der Waals surface area contributed by atoms with Gasteiger partial charge in [-0.1, -0.05) is 0 Å². The molecule has 0 unspecified atom stereocenters. The van der Waals surface area contributed by atoms with Gasteiger partial charge in [-0.2, -0.15) is 0 Å². The van der Waals surface area contributed by atoms with E-state index in [1.165, 1.54) is 5.69 Å². The van der Waals surface area contributed by atoms with Crippen LogP contribution in [-0.2, 0) is 19.6 Å². The number of imidazole rings is 1. The van der Waals surface area contributed by atoms with Crippen molar-refractivity contribution in [2.24, 2.45) is 5.73 Å². The van der Waals surface area contributed by atoms with Crippen LogP contribution in [0.1, 0.15) is 11.4 Å². The molecule has 5 heteroatoms. The summed E-state index contributed by atoms with van der Waals surface area (Å²) in [7, 11) is 0. The maximum Gasteiger partial charge on any atom is 0.128 e. The van der Waals surface area contributed by atoms with Crippen LogP contribution in [0.5, 0.6) is 0 Å². The Bertz CT molecular complexity index is 519. The molecule has 88 valence electrons. The lowest BCUT2D eigenvalue weighted by Gasteiger charge is -2.30. The summed E-state index contributed by atoms with van der Waals surface area (Å²) in [6.45, 7) is 3.32. The molecule has 1 aliphatic rings. The number of nitrogens with two attached hydrogens (primary N) is 1. The maximum absolute atomic E-state index is 5.74. The lowest BCUT2D eigenvalue weighted by Crippen LogP contribution is -2.34. The monoisotopic (exact) mass is 229 g/mol. The molecule has 17 heavy (non-hydrogen) atoms. The minimum Gasteiger partial charge on any atom is -0.362 e. The van der Waals surface area contributed by atoms with Crippen molar-refractivity contribution < 1.29 is 0 Å². The molecular weight excluding hydrogens is 214 g/mol. The molecule has 2 aromatic heterocycles. The minimum absolute atomic E-state index is 0.522. The zero-order chi connectivity index (χ0) is 11.7. The normalized spacial score (nSPS) is 14.8. The SMILES string of the molecule is NCc1cnccc1N1CCn2ccnc2C1. The number of aromatic nitrogens is 3. The Labute approximate surface area is 99.9 Å². The Hall–Kier alpha value is -1.88. The summed E-state index contributed by atoms with van der Waals surface area (Å²) in [6, 6.07) is 2.03. The summed E-state index contributed by atoms with van der Waals surface area (Å²) in [5, 5.41) is 0. The Morgan fingerprint density at radius 2 is 2.24 bits per heavy atom. The molecule has 3 heterocycles. The molecule has 0 aromatic carbocycles. The van der Waals surface area contributed by atoms with Crippen LogP contribution in [-0.4, -0.2) is 21.1 Å². The van der Waals surface area contributed by atoms with Gasteiger partial charge >= 0.3 is 0 Å². The summed E-state index contributed by atoms with van der Waals surface area (Å²) in [5.74, 6) is 1.11. The molecule has 5 nitrogen and oxygen atoms in total. The average Bonchev–Trinajstić information content (AvgIpc) is 2.85. The van der Waals surface area contributed by atoms with Crippen LogP contribution >= 0.6 is 0 Å². The van der Waals surface area contributed by atoms with Crippen LogP contribution in [0, 0.1) is 0 Å². The molecule has 2 N–H and O–H groups in total. The van der Waals surface area contributed by atoms with Crippen molar-refractivity contribution in [3.8, 4) is 0 Å². The summed E-state index contributed by atoms with van der Waals surface area (Å²) < 4.78 is 2.19. The highest BCUT2D eigenvalue weighted by Crippen LogP contribution is 2.23. The highest BCUT2D eigenvalue weighted by molar-refractivity contribution is 5.52. The Kier molecular flexibility index (Phi) is 2.53. The third-order valence-electron chi connectivity index (χ3n) is 3.18. The highest BCUT2D eigenvalue weighted by atomic mass is 15.2. The first-order chi connectivity index (χ1) is 8.38. The van der Waals surface area contributed by atoms with Gasteiger partial charge in [0.15, 0.2) is 0 Å². The summed E-state index contributed by atoms with van der Waals surface area (Å²) in [5.41, 5.74) is 8.01. The highest BCUT2D eigenvalue weighted by Gasteiger charge is 2.18. The zero-order valence-corrected chi connectivity index (χ0v) is 9.58. The van der Waals surface area contributed by atoms with Crippen LogP contribution in [0.2, 0.25) is 0 Å². The molecule has 0 atom stereocenters. The Morgan fingerprint density at radius 3 is 3.12 bits per heavy atom. The predicted octanol–water partition coefficient (Wildman–Crippen LogP) is 0.757. The molecule has 2 aromatic rings. The van der Waals surface area contributed by atoms with Crippen molar-refractivity contribution in [1.29, 1.82) is 0 Å². The number of pyridine rings is 1. The van der Waals surface area contributed by atoms with Crippen LogP contribution in [0.3, 0.4) is 0 Å². The molecule has 1 aliphatic heterocycles. The van der Waals surface area contributed by atoms with Gasteiger partial charge in [0.2, 0.25) is 0 Å². The van der Waals surface area contributed by atoms with E-state index in [2.05, 4.69) is 19.4 Å². The number of hydrogen-bond acceptors (Lipinski definition) is 4. The second kappa shape index (κ2) is 4.18. The average molecular weight is 229 g/mol. The van der Waals surface area contributed by atoms with E-state index in [1.807, 2.05) is 30.9 Å². The molecule has 0 saturated carbocycles. The van der Waals surface area contributed by atoms with E-state index in [0.29, 0.717) is 6.54 Å². The molecular formula is C12H15N5. The van der Waals surface area contributed by atoms with E-state index in [0.717, 1.165) is 31.0 Å². The summed E-state index contributed by atoms with van der Waals surface area (Å²) in [4.78, 5) is 10.8. The quantitative estimate of drug-likeness (QED) is 0.825. The Balaban J connectivity index is 1.91. The van der Waals surface area contributed by atoms with Gasteiger partial charge in [0.25, 0.3) is 0 Å². The van der Waals surface area contributed by atoms with E-state index in [1.54, 1.807) is 0 Å². The van der Waals surface area contributed by atoms with E-state index < -0.39 is 0 Å². The second-order valence-electron chi connectivity index (χ2n) is 4.17. The van der Waals surface area contributed by atoms with Gasteiger partial charge in [-0.15, -0.1) is 0 Å². The Morgan fingerprint density at radius 1 is 1.29 bits per heavy atom. The fourth-order valence-corrected chi connectivity index (χ4v) is 2.26. The standard InChI is InChI=1S/C12H15N5/c13-7-10-8-14-2-1-11(10)17-6-5-16-4-3-15-12(16)9-17/h1-4,8H,5-7,9,13H2. The van der Waals surface area contributed by atoms with Crippen LogP contribution in [0.4, 0.5) is 5.69 Å². The molecule has 0 spiro atoms. The molecule has 0 fully saturated rings. The lowest BCUT2D eigenvalue weighted by atomic mass is 10.2. The predicted molar refractivity (Wildman–Crippen MR) is 65.4 cm³/mol. The smallest absolute Gasteiger partial charge is 0.128 e. The summed E-state index contributed by atoms with van der Waals surface area (Å²) >= 11 is 0. The van der Waals surface area contributed by atoms with Gasteiger partial charge in [-0.05, 0) is 6.07 Å². The van der Waals surface area contributed by atoms with Crippen molar-refractivity contribution in [3.05, 3.63) is 42.2 Å². The first kappa shape index (κ1) is 10.3. The molecule has 0 bridgehead atoms. The maximum atomic E-state index is 5.74. The first-order valence-electron chi connectivity index (χ1n) is 5.76. The van der Waals surface area contributed by atoms with Crippen molar-refractivity contribution in [2.75, 3.05) is 11.4 Å². The van der Waals surface area contributed by atoms with E-state index in [9.17, 15) is 0 Å². The van der Waals surface area contributed by atoms with Crippen molar-refractivity contribution in [1.82, 2.24) is 14.5 Å². The largest absolute Gasteiger partial charge is 0.362 e. The number of hydrogen-bond donors (Lipinski definition) is 1. The van der Waals surface area contributed by atoms with Gasteiger partial charge in [-0.3, -0.25) is 4.98 Å². The fraction of sp³-hybridized carbons (Fsp3) is 0.333. The number of nitrogens with zero attached hydrogens (tertiary/aromatic N) is 4. The van der Waals surface area contributed by atoms with Crippen molar-refractivity contribution in [3.63, 3.8) is 0 Å². The van der Waals surface area contributed by atoms with E-state index in [-0.39, 0.29) is 0 Å². The molecule has 3 rings (SSSR count). The van der Waals surface area contributed by atoms with E-state index >= 15 is 0 Å². The van der Waals surface area contributed by atoms with Gasteiger partial charge < -0.3 is 15.2 Å². The first-order valence-corrected chi connectivity index (χ1v) is 5.76. The minimum atomic E-state index is 0.522. The zero-order valence-electron chi connectivity index (χ0n) is 9.58. The van der Waals surface area contributed by atoms with Crippen molar-refractivity contribution in [2.45, 2.75) is 19.6 Å². The van der Waals surface area contributed by atoms with Crippen molar-refractivity contribution >= 4 is 5.69 Å². The fourth-order valence-electron chi connectivity index (χ4n) is 2.26. The van der Waals surface area contributed by atoms with Gasteiger partial charge in [0, 0.05) is 55.7 Å². The van der Waals surface area contributed by atoms with Crippen LogP contribution < -0.4 is 10.6 Å². The third-order valence-corrected chi connectivity index (χ3v) is 3.18. The molecule has 0 aliphatic carbocycles. The summed E-state index contributed by atoms with van der Waals surface area (Å²) in [6.07, 6.45) is 7.55. The van der Waals surface area contributed by atoms with Gasteiger partial charge in [-0.25, -0.2) is 4.98 Å². The van der Waals surface area contributed by atoms with Crippen LogP contribution in [0.25, 0.3) is 0 Å². The van der Waals surface area contributed by atoms with E-state index in [4.69, 9.17) is 5.73 Å². The number of anilines is 1. The second-order valence-corrected chi connectivity index (χ2v) is 4.17. The molecule has 0 radical (unpaired) electrons. The van der Waals surface area contributed by atoms with Crippen LogP contribution in [0.15, 0.2) is 30.9 Å². The number of fused-ring (bicyclic) bond motifs is 1. The van der Waals surface area contributed by atoms with Gasteiger partial charge in [0.05, 0.1) is 6.54 Å².